The van der Waals surface area contributed by atoms with Crippen molar-refractivity contribution in [2.75, 3.05) is 11.4 Å². The molecule has 0 saturated carbocycles. The Morgan fingerprint density at radius 1 is 1.11 bits per heavy atom. The van der Waals surface area contributed by atoms with Crippen LogP contribution < -0.4 is 4.90 Å². The van der Waals surface area contributed by atoms with Gasteiger partial charge < -0.3 is 10.0 Å². The van der Waals surface area contributed by atoms with E-state index in [1.54, 1.807) is 6.20 Å². The first-order valence-electron chi connectivity index (χ1n) is 11.3. The molecule has 0 bridgehead atoms. The first-order chi connectivity index (χ1) is 17.1. The maximum absolute atomic E-state index is 14.7. The van der Waals surface area contributed by atoms with Crippen LogP contribution in [0.1, 0.15) is 30.5 Å². The molecule has 1 unspecified atom stereocenters. The van der Waals surface area contributed by atoms with Crippen molar-refractivity contribution in [2.24, 2.45) is 7.05 Å². The number of anilines is 1. The lowest BCUT2D eigenvalue weighted by Gasteiger charge is -2.35. The minimum Gasteiger partial charge on any atom is -0.503 e. The molecule has 4 heterocycles. The fourth-order valence-corrected chi connectivity index (χ4v) is 4.60. The first kappa shape index (κ1) is 23.9. The van der Waals surface area contributed by atoms with Gasteiger partial charge in [0.1, 0.15) is 5.69 Å². The lowest BCUT2D eigenvalue weighted by atomic mass is 9.98. The van der Waals surface area contributed by atoms with Crippen molar-refractivity contribution in [1.82, 2.24) is 24.7 Å². The highest BCUT2D eigenvalue weighted by Gasteiger charge is 2.38. The monoisotopic (exact) mass is 504 g/mol. The van der Waals surface area contributed by atoms with Crippen molar-refractivity contribution < 1.29 is 27.1 Å². The third-order valence-electron chi connectivity index (χ3n) is 6.36. The van der Waals surface area contributed by atoms with E-state index in [4.69, 9.17) is 0 Å². The van der Waals surface area contributed by atoms with Crippen LogP contribution in [0.2, 0.25) is 0 Å². The second kappa shape index (κ2) is 8.99. The van der Waals surface area contributed by atoms with E-state index < -0.39 is 34.7 Å². The van der Waals surface area contributed by atoms with Crippen LogP contribution in [0.3, 0.4) is 0 Å². The van der Waals surface area contributed by atoms with E-state index in [-0.39, 0.29) is 22.8 Å². The van der Waals surface area contributed by atoms with E-state index in [2.05, 4.69) is 25.0 Å². The van der Waals surface area contributed by atoms with E-state index in [9.17, 15) is 27.1 Å². The Labute approximate surface area is 202 Å². The average molecular weight is 504 g/mol. The Hall–Kier alpha value is -3.83. The summed E-state index contributed by atoms with van der Waals surface area (Å²) < 4.78 is 69.8. The molecular formula is C24H21F5N6O. The highest BCUT2D eigenvalue weighted by Crippen LogP contribution is 2.41. The highest BCUT2D eigenvalue weighted by molar-refractivity contribution is 5.91. The van der Waals surface area contributed by atoms with Crippen molar-refractivity contribution >= 4 is 17.0 Å². The number of aryl methyl sites for hydroxylation is 1. The summed E-state index contributed by atoms with van der Waals surface area (Å²) in [4.78, 5) is 15.5. The number of hydrogen-bond donors (Lipinski definition) is 1. The Morgan fingerprint density at radius 3 is 2.64 bits per heavy atom. The molecule has 7 nitrogen and oxygen atoms in total. The van der Waals surface area contributed by atoms with Gasteiger partial charge in [0, 0.05) is 49.7 Å². The molecule has 0 spiro atoms. The number of benzene rings is 1. The third-order valence-corrected chi connectivity index (χ3v) is 6.36. The Bertz CT molecular complexity index is 1420. The largest absolute Gasteiger partial charge is 0.503 e. The second-order valence-corrected chi connectivity index (χ2v) is 8.69. The van der Waals surface area contributed by atoms with E-state index in [1.807, 2.05) is 18.2 Å². The summed E-state index contributed by atoms with van der Waals surface area (Å²) in [5.74, 6) is -4.93. The van der Waals surface area contributed by atoms with Crippen molar-refractivity contribution in [3.05, 3.63) is 59.6 Å². The molecule has 188 valence electrons. The second-order valence-electron chi connectivity index (χ2n) is 8.69. The SMILES string of the molecule is Cn1nc(-c2cc(C(F)(F)F)c(F)c(O)c2F)c2cnc(N3CCCCC3Cc3ccccn3)nc21. The summed E-state index contributed by atoms with van der Waals surface area (Å²) in [6, 6.07) is 6.12. The van der Waals surface area contributed by atoms with E-state index in [1.165, 1.54) is 17.9 Å². The Morgan fingerprint density at radius 2 is 1.92 bits per heavy atom. The van der Waals surface area contributed by atoms with E-state index in [0.717, 1.165) is 25.0 Å². The van der Waals surface area contributed by atoms with Gasteiger partial charge in [-0.3, -0.25) is 4.98 Å². The maximum atomic E-state index is 14.7. The van der Waals surface area contributed by atoms with Gasteiger partial charge in [-0.25, -0.2) is 18.4 Å². The zero-order chi connectivity index (χ0) is 25.6. The summed E-state index contributed by atoms with van der Waals surface area (Å²) in [7, 11) is 1.51. The molecule has 1 atom stereocenters. The molecule has 0 radical (unpaired) electrons. The topological polar surface area (TPSA) is 80.0 Å². The molecule has 36 heavy (non-hydrogen) atoms. The van der Waals surface area contributed by atoms with Crippen LogP contribution in [0.4, 0.5) is 27.9 Å². The lowest BCUT2D eigenvalue weighted by Crippen LogP contribution is -2.42. The molecule has 4 aromatic rings. The minimum atomic E-state index is -5.14. The number of hydrogen-bond acceptors (Lipinski definition) is 6. The minimum absolute atomic E-state index is 0.0969. The fourth-order valence-electron chi connectivity index (χ4n) is 4.60. The number of phenols is 1. The van der Waals surface area contributed by atoms with Crippen LogP contribution in [0, 0.1) is 11.6 Å². The summed E-state index contributed by atoms with van der Waals surface area (Å²) in [5, 5.41) is 14.0. The van der Waals surface area contributed by atoms with Gasteiger partial charge in [0.05, 0.1) is 10.9 Å². The molecule has 5 rings (SSSR count). The number of phenolic OH excluding ortho intramolecular Hbond substituents is 1. The lowest BCUT2D eigenvalue weighted by molar-refractivity contribution is -0.140. The molecule has 1 saturated heterocycles. The molecule has 0 aliphatic carbocycles. The number of nitrogens with zero attached hydrogens (tertiary/aromatic N) is 6. The van der Waals surface area contributed by atoms with Crippen LogP contribution in [-0.4, -0.2) is 42.4 Å². The normalized spacial score (nSPS) is 16.6. The molecule has 1 aliphatic heterocycles. The van der Waals surface area contributed by atoms with Gasteiger partial charge in [-0.15, -0.1) is 0 Å². The quantitative estimate of drug-likeness (QED) is 0.393. The van der Waals surface area contributed by atoms with Gasteiger partial charge in [-0.1, -0.05) is 6.07 Å². The Kier molecular flexibility index (Phi) is 5.97. The van der Waals surface area contributed by atoms with Crippen molar-refractivity contribution in [2.45, 2.75) is 37.9 Å². The number of aromatic hydroxyl groups is 1. The van der Waals surface area contributed by atoms with Gasteiger partial charge in [0.2, 0.25) is 5.95 Å². The molecule has 12 heteroatoms. The summed E-state index contributed by atoms with van der Waals surface area (Å²) in [6.07, 6.45) is 1.54. The maximum Gasteiger partial charge on any atom is 0.419 e. The van der Waals surface area contributed by atoms with Gasteiger partial charge in [0.15, 0.2) is 23.0 Å². The molecule has 1 aliphatic rings. The van der Waals surface area contributed by atoms with E-state index in [0.29, 0.717) is 25.0 Å². The third kappa shape index (κ3) is 4.20. The van der Waals surface area contributed by atoms with Crippen LogP contribution in [0.15, 0.2) is 36.7 Å². The van der Waals surface area contributed by atoms with Crippen molar-refractivity contribution in [3.8, 4) is 17.0 Å². The molecular weight excluding hydrogens is 483 g/mol. The van der Waals surface area contributed by atoms with Crippen molar-refractivity contribution in [1.29, 1.82) is 0 Å². The Balaban J connectivity index is 1.56. The average Bonchev–Trinajstić information content (AvgIpc) is 3.18. The number of aromatic nitrogens is 5. The predicted molar refractivity (Wildman–Crippen MR) is 121 cm³/mol. The molecule has 0 amide bonds. The number of halogens is 5. The van der Waals surface area contributed by atoms with Gasteiger partial charge in [-0.05, 0) is 37.5 Å². The summed E-state index contributed by atoms with van der Waals surface area (Å²) >= 11 is 0. The highest BCUT2D eigenvalue weighted by atomic mass is 19.4. The number of pyridine rings is 1. The van der Waals surface area contributed by atoms with Crippen LogP contribution in [-0.2, 0) is 19.6 Å². The molecule has 1 aromatic carbocycles. The van der Waals surface area contributed by atoms with Crippen LogP contribution in [0.5, 0.6) is 5.75 Å². The van der Waals surface area contributed by atoms with Gasteiger partial charge in [0.25, 0.3) is 0 Å². The van der Waals surface area contributed by atoms with Crippen LogP contribution >= 0.6 is 0 Å². The molecule has 3 aromatic heterocycles. The van der Waals surface area contributed by atoms with Gasteiger partial charge >= 0.3 is 6.18 Å². The number of fused-ring (bicyclic) bond motifs is 1. The zero-order valence-electron chi connectivity index (χ0n) is 19.1. The standard InChI is InChI=1S/C24H21F5N6O/c1-34-22-16(20(33-34)15-11-17(24(27,28)29)19(26)21(36)18(15)25)12-31-23(32-22)35-9-5-3-7-14(35)10-13-6-2-4-8-30-13/h2,4,6,8,11-12,14,36H,3,5,7,9-10H2,1H3. The molecule has 1 fully saturated rings. The number of rotatable bonds is 4. The molecule has 1 N–H and O–H groups in total. The first-order valence-corrected chi connectivity index (χ1v) is 11.3. The van der Waals surface area contributed by atoms with Crippen LogP contribution in [0.25, 0.3) is 22.3 Å². The number of alkyl halides is 3. The smallest absolute Gasteiger partial charge is 0.419 e. The van der Waals surface area contributed by atoms with Crippen molar-refractivity contribution in [3.63, 3.8) is 0 Å². The fraction of sp³-hybridized carbons (Fsp3) is 0.333. The number of piperidine rings is 1. The summed E-state index contributed by atoms with van der Waals surface area (Å²) in [6.45, 7) is 0.711. The summed E-state index contributed by atoms with van der Waals surface area (Å²) in [5.41, 5.74) is -1.53. The zero-order valence-corrected chi connectivity index (χ0v) is 19.1. The predicted octanol–water partition coefficient (Wildman–Crippen LogP) is 5.03. The van der Waals surface area contributed by atoms with Gasteiger partial charge in [-0.2, -0.15) is 23.3 Å². The van der Waals surface area contributed by atoms with E-state index >= 15 is 0 Å².